The molecule has 0 spiro atoms. The van der Waals surface area contributed by atoms with Crippen LogP contribution in [0.25, 0.3) is 0 Å². The summed E-state index contributed by atoms with van der Waals surface area (Å²) in [6, 6.07) is 7.35. The van der Waals surface area contributed by atoms with Gasteiger partial charge < -0.3 is 10.6 Å². The van der Waals surface area contributed by atoms with Crippen LogP contribution in [0.3, 0.4) is 0 Å². The van der Waals surface area contributed by atoms with Crippen LogP contribution in [-0.4, -0.2) is 44.7 Å². The number of benzene rings is 1. The van der Waals surface area contributed by atoms with Gasteiger partial charge in [-0.05, 0) is 25.1 Å². The Bertz CT molecular complexity index is 628. The zero-order valence-corrected chi connectivity index (χ0v) is 12.2. The summed E-state index contributed by atoms with van der Waals surface area (Å²) in [6.45, 7) is 3.71. The summed E-state index contributed by atoms with van der Waals surface area (Å²) in [5.74, 6) is 0.123. The molecule has 1 fully saturated rings. The van der Waals surface area contributed by atoms with E-state index in [1.165, 1.54) is 4.31 Å². The standard InChI is InChI=1S/C13H18N4O2S/c1-2-20(18,19)17-7-5-16(6-8-17)13-4-3-12(15)9-11(13)10-14/h3-4,9H,2,5-8,15H2,1H3. The largest absolute Gasteiger partial charge is 0.399 e. The van der Waals surface area contributed by atoms with Crippen molar-refractivity contribution in [1.29, 1.82) is 5.26 Å². The number of anilines is 2. The summed E-state index contributed by atoms with van der Waals surface area (Å²) >= 11 is 0. The van der Waals surface area contributed by atoms with Crippen molar-refractivity contribution < 1.29 is 8.42 Å². The molecule has 2 N–H and O–H groups in total. The van der Waals surface area contributed by atoms with Crippen molar-refractivity contribution in [2.45, 2.75) is 6.92 Å². The number of piperazine rings is 1. The van der Waals surface area contributed by atoms with E-state index in [1.54, 1.807) is 19.1 Å². The monoisotopic (exact) mass is 294 g/mol. The van der Waals surface area contributed by atoms with E-state index in [0.717, 1.165) is 5.69 Å². The topological polar surface area (TPSA) is 90.4 Å². The van der Waals surface area contributed by atoms with Gasteiger partial charge in [-0.2, -0.15) is 9.57 Å². The van der Waals surface area contributed by atoms with Gasteiger partial charge in [-0.3, -0.25) is 0 Å². The molecule has 7 heteroatoms. The van der Waals surface area contributed by atoms with Crippen molar-refractivity contribution in [2.75, 3.05) is 42.6 Å². The van der Waals surface area contributed by atoms with Crippen LogP contribution in [-0.2, 0) is 10.0 Å². The van der Waals surface area contributed by atoms with Gasteiger partial charge in [0.15, 0.2) is 0 Å². The molecule has 1 saturated heterocycles. The number of nitrogen functional groups attached to an aromatic ring is 1. The Balaban J connectivity index is 2.14. The van der Waals surface area contributed by atoms with Crippen LogP contribution < -0.4 is 10.6 Å². The fourth-order valence-corrected chi connectivity index (χ4v) is 3.39. The number of hydrogen-bond acceptors (Lipinski definition) is 5. The van der Waals surface area contributed by atoms with Crippen molar-refractivity contribution >= 4 is 21.4 Å². The Morgan fingerprint density at radius 3 is 2.50 bits per heavy atom. The SMILES string of the molecule is CCS(=O)(=O)N1CCN(c2ccc(N)cc2C#N)CC1. The summed E-state index contributed by atoms with van der Waals surface area (Å²) in [6.07, 6.45) is 0. The molecule has 20 heavy (non-hydrogen) atoms. The second-order valence-electron chi connectivity index (χ2n) is 4.68. The van der Waals surface area contributed by atoms with Crippen LogP contribution in [0.1, 0.15) is 12.5 Å². The van der Waals surface area contributed by atoms with Crippen LogP contribution in [0.15, 0.2) is 18.2 Å². The lowest BCUT2D eigenvalue weighted by Crippen LogP contribution is -2.49. The van der Waals surface area contributed by atoms with Crippen LogP contribution in [0.2, 0.25) is 0 Å². The first-order chi connectivity index (χ1) is 9.47. The highest BCUT2D eigenvalue weighted by atomic mass is 32.2. The second-order valence-corrected chi connectivity index (χ2v) is 6.93. The van der Waals surface area contributed by atoms with Crippen LogP contribution in [0.5, 0.6) is 0 Å². The molecule has 108 valence electrons. The lowest BCUT2D eigenvalue weighted by Gasteiger charge is -2.35. The number of nitrogens with zero attached hydrogens (tertiary/aromatic N) is 3. The van der Waals surface area contributed by atoms with E-state index in [-0.39, 0.29) is 5.75 Å². The second kappa shape index (κ2) is 5.69. The Morgan fingerprint density at radius 1 is 1.30 bits per heavy atom. The van der Waals surface area contributed by atoms with E-state index in [1.807, 2.05) is 11.0 Å². The Morgan fingerprint density at radius 2 is 1.95 bits per heavy atom. The van der Waals surface area contributed by atoms with Crippen molar-refractivity contribution in [3.8, 4) is 6.07 Å². The summed E-state index contributed by atoms with van der Waals surface area (Å²) < 4.78 is 25.1. The molecule has 0 amide bonds. The molecule has 0 unspecified atom stereocenters. The molecule has 0 bridgehead atoms. The third-order valence-corrected chi connectivity index (χ3v) is 5.36. The lowest BCUT2D eigenvalue weighted by molar-refractivity contribution is 0.385. The van der Waals surface area contributed by atoms with Crippen LogP contribution >= 0.6 is 0 Å². The normalized spacial score (nSPS) is 16.9. The van der Waals surface area contributed by atoms with E-state index >= 15 is 0 Å². The van der Waals surface area contributed by atoms with Gasteiger partial charge in [0.25, 0.3) is 0 Å². The summed E-state index contributed by atoms with van der Waals surface area (Å²) in [5.41, 5.74) is 7.57. The molecule has 0 aromatic heterocycles. The van der Waals surface area contributed by atoms with E-state index in [2.05, 4.69) is 6.07 Å². The van der Waals surface area contributed by atoms with Gasteiger partial charge in [0.1, 0.15) is 6.07 Å². The molecular formula is C13H18N4O2S. The zero-order chi connectivity index (χ0) is 14.8. The molecule has 1 aromatic carbocycles. The number of sulfonamides is 1. The maximum absolute atomic E-state index is 11.8. The molecule has 6 nitrogen and oxygen atoms in total. The average molecular weight is 294 g/mol. The Labute approximate surface area is 119 Å². The van der Waals surface area contributed by atoms with E-state index in [9.17, 15) is 8.42 Å². The molecule has 0 saturated carbocycles. The number of rotatable bonds is 3. The van der Waals surface area contributed by atoms with Crippen molar-refractivity contribution in [1.82, 2.24) is 4.31 Å². The predicted molar refractivity (Wildman–Crippen MR) is 78.8 cm³/mol. The third kappa shape index (κ3) is 2.86. The molecular weight excluding hydrogens is 276 g/mol. The van der Waals surface area contributed by atoms with Gasteiger partial charge in [0.05, 0.1) is 17.0 Å². The number of nitrogens with two attached hydrogens (primary N) is 1. The van der Waals surface area contributed by atoms with E-state index in [0.29, 0.717) is 37.4 Å². The first-order valence-electron chi connectivity index (χ1n) is 6.50. The molecule has 1 aliphatic rings. The smallest absolute Gasteiger partial charge is 0.213 e. The third-order valence-electron chi connectivity index (χ3n) is 3.48. The summed E-state index contributed by atoms with van der Waals surface area (Å²) in [4.78, 5) is 2.03. The van der Waals surface area contributed by atoms with Crippen LogP contribution in [0, 0.1) is 11.3 Å². The summed E-state index contributed by atoms with van der Waals surface area (Å²) in [5, 5.41) is 9.15. The number of hydrogen-bond donors (Lipinski definition) is 1. The van der Waals surface area contributed by atoms with Crippen molar-refractivity contribution in [3.05, 3.63) is 23.8 Å². The molecule has 0 aliphatic carbocycles. The first-order valence-corrected chi connectivity index (χ1v) is 8.11. The van der Waals surface area contributed by atoms with Crippen molar-refractivity contribution in [3.63, 3.8) is 0 Å². The number of nitriles is 1. The van der Waals surface area contributed by atoms with Gasteiger partial charge in [0.2, 0.25) is 10.0 Å². The molecule has 1 aromatic rings. The van der Waals surface area contributed by atoms with E-state index < -0.39 is 10.0 Å². The summed E-state index contributed by atoms with van der Waals surface area (Å²) in [7, 11) is -3.13. The molecule has 0 atom stereocenters. The Hall–Kier alpha value is -1.78. The highest BCUT2D eigenvalue weighted by Crippen LogP contribution is 2.24. The minimum atomic E-state index is -3.13. The predicted octanol–water partition coefficient (Wildman–Crippen LogP) is 0.612. The fraction of sp³-hybridized carbons (Fsp3) is 0.462. The van der Waals surface area contributed by atoms with Crippen LogP contribution in [0.4, 0.5) is 11.4 Å². The lowest BCUT2D eigenvalue weighted by atomic mass is 10.1. The Kier molecular flexibility index (Phi) is 4.16. The highest BCUT2D eigenvalue weighted by molar-refractivity contribution is 7.89. The molecule has 0 radical (unpaired) electrons. The minimum absolute atomic E-state index is 0.123. The quantitative estimate of drug-likeness (QED) is 0.825. The van der Waals surface area contributed by atoms with Gasteiger partial charge >= 0.3 is 0 Å². The van der Waals surface area contributed by atoms with E-state index in [4.69, 9.17) is 11.0 Å². The first kappa shape index (κ1) is 14.6. The molecule has 1 heterocycles. The van der Waals surface area contributed by atoms with Crippen molar-refractivity contribution in [2.24, 2.45) is 0 Å². The fourth-order valence-electron chi connectivity index (χ4n) is 2.31. The average Bonchev–Trinajstić information content (AvgIpc) is 2.47. The maximum atomic E-state index is 11.8. The van der Waals surface area contributed by atoms with Gasteiger partial charge in [-0.25, -0.2) is 8.42 Å². The molecule has 1 aliphatic heterocycles. The molecule has 2 rings (SSSR count). The van der Waals surface area contributed by atoms with Gasteiger partial charge in [-0.15, -0.1) is 0 Å². The maximum Gasteiger partial charge on any atom is 0.213 e. The highest BCUT2D eigenvalue weighted by Gasteiger charge is 2.26. The van der Waals surface area contributed by atoms with Gasteiger partial charge in [-0.1, -0.05) is 0 Å². The minimum Gasteiger partial charge on any atom is -0.399 e. The van der Waals surface area contributed by atoms with Gasteiger partial charge in [0, 0.05) is 31.9 Å². The zero-order valence-electron chi connectivity index (χ0n) is 11.4.